The van der Waals surface area contributed by atoms with Gasteiger partial charge in [0.15, 0.2) is 0 Å². The molecule has 5 nitrogen and oxygen atoms in total. The van der Waals surface area contributed by atoms with Crippen LogP contribution in [0.25, 0.3) is 0 Å². The summed E-state index contributed by atoms with van der Waals surface area (Å²) < 4.78 is 32.3. The van der Waals surface area contributed by atoms with Gasteiger partial charge in [0.2, 0.25) is 10.0 Å². The van der Waals surface area contributed by atoms with Gasteiger partial charge in [-0.2, -0.15) is 4.31 Å². The maximum absolute atomic E-state index is 12.8. The maximum Gasteiger partial charge on any atom is 0.246 e. The van der Waals surface area contributed by atoms with Crippen molar-refractivity contribution >= 4 is 21.6 Å². The van der Waals surface area contributed by atoms with E-state index in [1.807, 2.05) is 13.8 Å². The molecule has 1 N–H and O–H groups in total. The summed E-state index contributed by atoms with van der Waals surface area (Å²) in [4.78, 5) is 0.0132. The van der Waals surface area contributed by atoms with Crippen molar-refractivity contribution in [1.29, 1.82) is 0 Å². The molecule has 0 atom stereocenters. The van der Waals surface area contributed by atoms with E-state index < -0.39 is 10.0 Å². The lowest BCUT2D eigenvalue weighted by Crippen LogP contribution is -2.30. The van der Waals surface area contributed by atoms with Gasteiger partial charge in [-0.05, 0) is 24.0 Å². The lowest BCUT2D eigenvalue weighted by Gasteiger charge is -2.21. The molecule has 1 aromatic rings. The van der Waals surface area contributed by atoms with Crippen molar-refractivity contribution in [2.75, 3.05) is 20.2 Å². The standard InChI is InChI=1S/C14H20ClNO4S/c1-14(2)4-5-16(9-14)21(18,19)12-7-11(15)6-10(8-17)13(12)20-3/h6-7,17H,4-5,8-9H2,1-3H3. The Labute approximate surface area is 130 Å². The molecule has 0 bridgehead atoms. The predicted molar refractivity (Wildman–Crippen MR) is 81.1 cm³/mol. The molecule has 21 heavy (non-hydrogen) atoms. The lowest BCUT2D eigenvalue weighted by atomic mass is 9.93. The summed E-state index contributed by atoms with van der Waals surface area (Å²) in [5, 5.41) is 9.63. The molecule has 0 saturated carbocycles. The van der Waals surface area contributed by atoms with Crippen LogP contribution in [0, 0.1) is 5.41 Å². The Balaban J connectivity index is 2.52. The fourth-order valence-corrected chi connectivity index (χ4v) is 4.73. The number of aliphatic hydroxyl groups is 1. The van der Waals surface area contributed by atoms with E-state index in [2.05, 4.69) is 0 Å². The Morgan fingerprint density at radius 2 is 2.10 bits per heavy atom. The minimum Gasteiger partial charge on any atom is -0.495 e. The van der Waals surface area contributed by atoms with Crippen molar-refractivity contribution in [2.24, 2.45) is 5.41 Å². The zero-order valence-electron chi connectivity index (χ0n) is 12.4. The van der Waals surface area contributed by atoms with Crippen LogP contribution in [0.5, 0.6) is 5.75 Å². The minimum absolute atomic E-state index is 0.0132. The van der Waals surface area contributed by atoms with E-state index >= 15 is 0 Å². The molecule has 1 aliphatic rings. The molecule has 0 radical (unpaired) electrons. The van der Waals surface area contributed by atoms with Gasteiger partial charge in [-0.15, -0.1) is 0 Å². The first-order chi connectivity index (χ1) is 9.71. The predicted octanol–water partition coefficient (Wildman–Crippen LogP) is 2.26. The molecule has 1 heterocycles. The summed E-state index contributed by atoms with van der Waals surface area (Å²) in [6.07, 6.45) is 0.808. The van der Waals surface area contributed by atoms with Gasteiger partial charge in [-0.25, -0.2) is 8.42 Å². The third kappa shape index (κ3) is 3.18. The van der Waals surface area contributed by atoms with Crippen molar-refractivity contribution in [3.8, 4) is 5.75 Å². The van der Waals surface area contributed by atoms with Crippen LogP contribution < -0.4 is 4.74 Å². The van der Waals surface area contributed by atoms with Gasteiger partial charge in [0.25, 0.3) is 0 Å². The van der Waals surface area contributed by atoms with Crippen LogP contribution in [0.15, 0.2) is 17.0 Å². The average molecular weight is 334 g/mol. The van der Waals surface area contributed by atoms with Gasteiger partial charge < -0.3 is 9.84 Å². The molecule has 1 aliphatic heterocycles. The molecule has 2 rings (SSSR count). The minimum atomic E-state index is -3.69. The van der Waals surface area contributed by atoms with E-state index in [-0.39, 0.29) is 27.7 Å². The van der Waals surface area contributed by atoms with Crippen LogP contribution in [0.4, 0.5) is 0 Å². The second-order valence-corrected chi connectivity index (χ2v) is 8.35. The number of ether oxygens (including phenoxy) is 1. The highest BCUT2D eigenvalue weighted by atomic mass is 35.5. The number of methoxy groups -OCH3 is 1. The van der Waals surface area contributed by atoms with E-state index in [1.165, 1.54) is 23.5 Å². The highest BCUT2D eigenvalue weighted by molar-refractivity contribution is 7.89. The summed E-state index contributed by atoms with van der Waals surface area (Å²) in [6.45, 7) is 4.67. The highest BCUT2D eigenvalue weighted by Crippen LogP contribution is 2.38. The van der Waals surface area contributed by atoms with Crippen LogP contribution in [-0.2, 0) is 16.6 Å². The summed E-state index contributed by atoms with van der Waals surface area (Å²) in [5.74, 6) is 0.159. The van der Waals surface area contributed by atoms with E-state index in [4.69, 9.17) is 16.3 Å². The normalized spacial score (nSPS) is 18.9. The number of hydrogen-bond donors (Lipinski definition) is 1. The molecule has 118 valence electrons. The van der Waals surface area contributed by atoms with Crippen molar-refractivity contribution in [2.45, 2.75) is 31.8 Å². The van der Waals surface area contributed by atoms with Gasteiger partial charge >= 0.3 is 0 Å². The van der Waals surface area contributed by atoms with Gasteiger partial charge in [0.1, 0.15) is 10.6 Å². The molecular formula is C14H20ClNO4S. The maximum atomic E-state index is 12.8. The van der Waals surface area contributed by atoms with Crippen LogP contribution in [-0.4, -0.2) is 38.0 Å². The van der Waals surface area contributed by atoms with Crippen molar-refractivity contribution in [1.82, 2.24) is 4.31 Å². The first-order valence-electron chi connectivity index (χ1n) is 6.69. The van der Waals surface area contributed by atoms with Crippen molar-refractivity contribution < 1.29 is 18.3 Å². The molecule has 7 heteroatoms. The van der Waals surface area contributed by atoms with Crippen LogP contribution in [0.2, 0.25) is 5.02 Å². The molecule has 0 unspecified atom stereocenters. The smallest absolute Gasteiger partial charge is 0.246 e. The molecule has 1 saturated heterocycles. The Kier molecular flexibility index (Phi) is 4.54. The Morgan fingerprint density at radius 1 is 1.43 bits per heavy atom. The van der Waals surface area contributed by atoms with Crippen molar-refractivity contribution in [3.63, 3.8) is 0 Å². The van der Waals surface area contributed by atoms with Crippen LogP contribution >= 0.6 is 11.6 Å². The quantitative estimate of drug-likeness (QED) is 0.917. The fourth-order valence-electron chi connectivity index (χ4n) is 2.57. The average Bonchev–Trinajstić information content (AvgIpc) is 2.78. The van der Waals surface area contributed by atoms with E-state index in [0.29, 0.717) is 18.7 Å². The largest absolute Gasteiger partial charge is 0.495 e. The van der Waals surface area contributed by atoms with Crippen LogP contribution in [0.1, 0.15) is 25.8 Å². The SMILES string of the molecule is COc1c(CO)cc(Cl)cc1S(=O)(=O)N1CCC(C)(C)C1. The molecule has 0 aliphatic carbocycles. The zero-order valence-corrected chi connectivity index (χ0v) is 14.0. The topological polar surface area (TPSA) is 66.8 Å². The summed E-state index contributed by atoms with van der Waals surface area (Å²) in [5.41, 5.74) is 0.320. The number of benzene rings is 1. The van der Waals surface area contributed by atoms with E-state index in [0.717, 1.165) is 6.42 Å². The number of nitrogens with zero attached hydrogens (tertiary/aromatic N) is 1. The third-order valence-corrected chi connectivity index (χ3v) is 5.80. The molecular weight excluding hydrogens is 314 g/mol. The number of rotatable bonds is 4. The third-order valence-electron chi connectivity index (χ3n) is 3.73. The van der Waals surface area contributed by atoms with Gasteiger partial charge in [0, 0.05) is 23.7 Å². The zero-order chi connectivity index (χ0) is 15.8. The second-order valence-electron chi connectivity index (χ2n) is 6.01. The molecule has 0 aromatic heterocycles. The van der Waals surface area contributed by atoms with Gasteiger partial charge in [-0.1, -0.05) is 25.4 Å². The van der Waals surface area contributed by atoms with Gasteiger partial charge in [-0.3, -0.25) is 0 Å². The molecule has 0 spiro atoms. The molecule has 1 fully saturated rings. The highest BCUT2D eigenvalue weighted by Gasteiger charge is 2.38. The Bertz CT molecular complexity index is 643. The summed E-state index contributed by atoms with van der Waals surface area (Å²) >= 11 is 5.98. The summed E-state index contributed by atoms with van der Waals surface area (Å²) in [6, 6.07) is 2.88. The first-order valence-corrected chi connectivity index (χ1v) is 8.50. The van der Waals surface area contributed by atoms with Crippen LogP contribution in [0.3, 0.4) is 0 Å². The summed E-state index contributed by atoms with van der Waals surface area (Å²) in [7, 11) is -2.31. The Hall–Kier alpha value is -0.820. The number of halogens is 1. The van der Waals surface area contributed by atoms with E-state index in [1.54, 1.807) is 0 Å². The monoisotopic (exact) mass is 333 g/mol. The lowest BCUT2D eigenvalue weighted by molar-refractivity contribution is 0.272. The molecule has 0 amide bonds. The van der Waals surface area contributed by atoms with E-state index in [9.17, 15) is 13.5 Å². The first kappa shape index (κ1) is 16.5. The Morgan fingerprint density at radius 3 is 2.57 bits per heavy atom. The fraction of sp³-hybridized carbons (Fsp3) is 0.571. The number of hydrogen-bond acceptors (Lipinski definition) is 4. The number of aliphatic hydroxyl groups excluding tert-OH is 1. The van der Waals surface area contributed by atoms with Crippen molar-refractivity contribution in [3.05, 3.63) is 22.7 Å². The molecule has 1 aromatic carbocycles. The number of sulfonamides is 1. The van der Waals surface area contributed by atoms with Gasteiger partial charge in [0.05, 0.1) is 13.7 Å². The second kappa shape index (κ2) is 5.76.